The lowest BCUT2D eigenvalue weighted by Gasteiger charge is -2.22. The van der Waals surface area contributed by atoms with Gasteiger partial charge in [-0.05, 0) is 33.6 Å². The Hall–Kier alpha value is -1.26. The number of rotatable bonds is 20. The highest BCUT2D eigenvalue weighted by Crippen LogP contribution is 2.13. The van der Waals surface area contributed by atoms with Gasteiger partial charge in [0.15, 0.2) is 0 Å². The van der Waals surface area contributed by atoms with Crippen molar-refractivity contribution in [1.29, 1.82) is 0 Å². The molecule has 1 atom stereocenters. The molecule has 0 aliphatic carbocycles. The van der Waals surface area contributed by atoms with E-state index < -0.39 is 17.7 Å². The first kappa shape index (κ1) is 30.7. The summed E-state index contributed by atoms with van der Waals surface area (Å²) in [7, 11) is 0. The Morgan fingerprint density at radius 2 is 1.09 bits per heavy atom. The minimum absolute atomic E-state index is 0.126. The fourth-order valence-electron chi connectivity index (χ4n) is 3.81. The minimum atomic E-state index is -0.563. The van der Waals surface area contributed by atoms with E-state index in [9.17, 15) is 9.59 Å². The van der Waals surface area contributed by atoms with E-state index in [1.54, 1.807) is 0 Å². The molecule has 0 saturated carbocycles. The van der Waals surface area contributed by atoms with Crippen molar-refractivity contribution in [3.63, 3.8) is 0 Å². The molecule has 1 unspecified atom stereocenters. The smallest absolute Gasteiger partial charge is 0.408 e. The van der Waals surface area contributed by atoms with Crippen molar-refractivity contribution < 1.29 is 14.3 Å². The molecule has 0 aromatic rings. The molecule has 0 bridgehead atoms. The molecule has 0 rings (SSSR count). The van der Waals surface area contributed by atoms with Gasteiger partial charge in [0.1, 0.15) is 11.6 Å². The number of unbranched alkanes of at least 4 members (excludes halogenated alkanes) is 15. The first-order valence-corrected chi connectivity index (χ1v) is 13.6. The maximum atomic E-state index is 12.3. The molecule has 0 aromatic carbocycles. The summed E-state index contributed by atoms with van der Waals surface area (Å²) in [6.07, 6.45) is 21.4. The molecule has 0 aromatic heterocycles. The van der Waals surface area contributed by atoms with Gasteiger partial charge in [0.2, 0.25) is 5.91 Å². The Labute approximate surface area is 199 Å². The van der Waals surface area contributed by atoms with Crippen LogP contribution in [-0.4, -0.2) is 30.2 Å². The predicted molar refractivity (Wildman–Crippen MR) is 136 cm³/mol. The average molecular weight is 455 g/mol. The van der Waals surface area contributed by atoms with Crippen LogP contribution in [0.25, 0.3) is 0 Å². The quantitative estimate of drug-likeness (QED) is 0.185. The molecule has 0 radical (unpaired) electrons. The Kier molecular flexibility index (Phi) is 19.6. The zero-order chi connectivity index (χ0) is 24.1. The van der Waals surface area contributed by atoms with Crippen LogP contribution in [-0.2, 0) is 9.53 Å². The fraction of sp³-hybridized carbons (Fsp3) is 0.926. The van der Waals surface area contributed by atoms with Gasteiger partial charge in [-0.25, -0.2) is 4.79 Å². The largest absolute Gasteiger partial charge is 0.444 e. The number of carbonyl (C=O) groups is 2. The molecule has 2 N–H and O–H groups in total. The van der Waals surface area contributed by atoms with Crippen molar-refractivity contribution in [3.8, 4) is 0 Å². The van der Waals surface area contributed by atoms with Gasteiger partial charge in [-0.1, -0.05) is 110 Å². The zero-order valence-corrected chi connectivity index (χ0v) is 22.0. The van der Waals surface area contributed by atoms with Crippen molar-refractivity contribution >= 4 is 12.0 Å². The van der Waals surface area contributed by atoms with Crippen molar-refractivity contribution in [2.45, 2.75) is 155 Å². The second-order valence-electron chi connectivity index (χ2n) is 10.2. The monoisotopic (exact) mass is 454 g/mol. The van der Waals surface area contributed by atoms with Crippen LogP contribution < -0.4 is 10.6 Å². The van der Waals surface area contributed by atoms with Gasteiger partial charge in [0.05, 0.1) is 0 Å². The minimum Gasteiger partial charge on any atom is -0.444 e. The van der Waals surface area contributed by atoms with E-state index >= 15 is 0 Å². The number of carbonyl (C=O) groups excluding carboxylic acids is 2. The Bertz CT molecular complexity index is 460. The average Bonchev–Trinajstić information content (AvgIpc) is 2.72. The van der Waals surface area contributed by atoms with Crippen LogP contribution in [0, 0.1) is 0 Å². The van der Waals surface area contributed by atoms with E-state index in [0.29, 0.717) is 13.0 Å². The molecular formula is C27H54N2O3. The van der Waals surface area contributed by atoms with Gasteiger partial charge in [0.25, 0.3) is 0 Å². The van der Waals surface area contributed by atoms with Gasteiger partial charge >= 0.3 is 6.09 Å². The summed E-state index contributed by atoms with van der Waals surface area (Å²) in [5, 5.41) is 5.60. The lowest BCUT2D eigenvalue weighted by Crippen LogP contribution is -2.48. The molecule has 32 heavy (non-hydrogen) atoms. The van der Waals surface area contributed by atoms with Gasteiger partial charge in [-0.3, -0.25) is 4.79 Å². The molecular weight excluding hydrogens is 400 g/mol. The Balaban J connectivity index is 3.50. The van der Waals surface area contributed by atoms with E-state index in [4.69, 9.17) is 4.74 Å². The van der Waals surface area contributed by atoms with Crippen LogP contribution in [0.15, 0.2) is 0 Å². The van der Waals surface area contributed by atoms with Crippen molar-refractivity contribution in [1.82, 2.24) is 10.6 Å². The predicted octanol–water partition coefficient (Wildman–Crippen LogP) is 7.67. The highest BCUT2D eigenvalue weighted by molar-refractivity contribution is 5.85. The van der Waals surface area contributed by atoms with Crippen molar-refractivity contribution in [3.05, 3.63) is 0 Å². The number of amides is 2. The highest BCUT2D eigenvalue weighted by atomic mass is 16.6. The van der Waals surface area contributed by atoms with Gasteiger partial charge in [-0.2, -0.15) is 0 Å². The molecule has 0 spiro atoms. The van der Waals surface area contributed by atoms with E-state index in [1.807, 2.05) is 27.7 Å². The highest BCUT2D eigenvalue weighted by Gasteiger charge is 2.22. The third-order valence-electron chi connectivity index (χ3n) is 5.75. The number of nitrogens with one attached hydrogen (secondary N) is 2. The standard InChI is InChI=1S/C27H54N2O3/c1-6-8-9-10-11-12-13-14-15-16-17-18-19-20-21-22-23-28-25(30)24(7-2)29-26(31)32-27(3,4)5/h24H,6-23H2,1-5H3,(H,28,30)(H,29,31). The first-order chi connectivity index (χ1) is 15.3. The topological polar surface area (TPSA) is 67.4 Å². The van der Waals surface area contributed by atoms with E-state index in [1.165, 1.54) is 89.9 Å². The third kappa shape index (κ3) is 20.6. The maximum Gasteiger partial charge on any atom is 0.408 e. The summed E-state index contributed by atoms with van der Waals surface area (Å²) < 4.78 is 5.23. The summed E-state index contributed by atoms with van der Waals surface area (Å²) in [4.78, 5) is 24.1. The third-order valence-corrected chi connectivity index (χ3v) is 5.75. The van der Waals surface area contributed by atoms with Crippen molar-refractivity contribution in [2.75, 3.05) is 6.54 Å². The summed E-state index contributed by atoms with van der Waals surface area (Å²) in [6, 6.07) is -0.536. The van der Waals surface area contributed by atoms with Crippen LogP contribution in [0.3, 0.4) is 0 Å². The maximum absolute atomic E-state index is 12.3. The van der Waals surface area contributed by atoms with Gasteiger partial charge < -0.3 is 15.4 Å². The van der Waals surface area contributed by atoms with Crippen LogP contribution in [0.2, 0.25) is 0 Å². The number of hydrogen-bond donors (Lipinski definition) is 2. The summed E-state index contributed by atoms with van der Waals surface area (Å²) in [5.74, 6) is -0.126. The van der Waals surface area contributed by atoms with Gasteiger partial charge in [0, 0.05) is 6.54 Å². The van der Waals surface area contributed by atoms with E-state index in [2.05, 4.69) is 17.6 Å². The number of ether oxygens (including phenoxy) is 1. The molecule has 5 nitrogen and oxygen atoms in total. The van der Waals surface area contributed by atoms with Crippen molar-refractivity contribution in [2.24, 2.45) is 0 Å². The summed E-state index contributed by atoms with van der Waals surface area (Å²) in [6.45, 7) is 10.3. The fourth-order valence-corrected chi connectivity index (χ4v) is 3.81. The van der Waals surface area contributed by atoms with Gasteiger partial charge in [-0.15, -0.1) is 0 Å². The lowest BCUT2D eigenvalue weighted by atomic mass is 10.0. The second kappa shape index (κ2) is 20.4. The summed E-state index contributed by atoms with van der Waals surface area (Å²) >= 11 is 0. The molecule has 0 aliphatic heterocycles. The van der Waals surface area contributed by atoms with Crippen LogP contribution in [0.1, 0.15) is 144 Å². The molecule has 5 heteroatoms. The SMILES string of the molecule is CCCCCCCCCCCCCCCCCCNC(=O)C(CC)NC(=O)OC(C)(C)C. The summed E-state index contributed by atoms with van der Waals surface area (Å²) in [5.41, 5.74) is -0.563. The van der Waals surface area contributed by atoms with Crippen LogP contribution in [0.5, 0.6) is 0 Å². The van der Waals surface area contributed by atoms with Crippen LogP contribution >= 0.6 is 0 Å². The van der Waals surface area contributed by atoms with Crippen LogP contribution in [0.4, 0.5) is 4.79 Å². The molecule has 0 saturated heterocycles. The number of alkyl carbamates (subject to hydrolysis) is 1. The molecule has 0 aliphatic rings. The molecule has 190 valence electrons. The van der Waals surface area contributed by atoms with E-state index in [-0.39, 0.29) is 5.91 Å². The Morgan fingerprint density at radius 3 is 1.47 bits per heavy atom. The zero-order valence-electron chi connectivity index (χ0n) is 22.0. The van der Waals surface area contributed by atoms with E-state index in [0.717, 1.165) is 12.8 Å². The molecule has 0 fully saturated rings. The molecule has 0 heterocycles. The molecule has 2 amide bonds. The lowest BCUT2D eigenvalue weighted by molar-refractivity contribution is -0.123. The normalized spacial score (nSPS) is 12.4. The first-order valence-electron chi connectivity index (χ1n) is 13.6. The number of hydrogen-bond acceptors (Lipinski definition) is 3. The Morgan fingerprint density at radius 1 is 0.688 bits per heavy atom. The second-order valence-corrected chi connectivity index (χ2v) is 10.2.